The quantitative estimate of drug-likeness (QED) is 0.844. The van der Waals surface area contributed by atoms with Gasteiger partial charge in [-0.1, -0.05) is 18.2 Å². The highest BCUT2D eigenvalue weighted by molar-refractivity contribution is 5.34. The Bertz CT molecular complexity index is 392. The molecule has 0 bridgehead atoms. The summed E-state index contributed by atoms with van der Waals surface area (Å²) in [4.78, 5) is 2.25. The van der Waals surface area contributed by atoms with E-state index in [0.717, 1.165) is 12.8 Å². The first-order valence-electron chi connectivity index (χ1n) is 5.96. The number of nitrogens with two attached hydrogens (primary N) is 1. The maximum Gasteiger partial charge on any atom is 0.0523 e. The maximum atomic E-state index is 6.37. The summed E-state index contributed by atoms with van der Waals surface area (Å²) < 4.78 is 0. The van der Waals surface area contributed by atoms with Gasteiger partial charge in [0.05, 0.1) is 6.04 Å². The minimum Gasteiger partial charge on any atom is -0.323 e. The molecule has 1 aliphatic carbocycles. The number of hydrogen-bond donors (Lipinski definition) is 1. The molecule has 0 radical (unpaired) electrons. The molecule has 16 heavy (non-hydrogen) atoms. The Morgan fingerprint density at radius 2 is 1.81 bits per heavy atom. The van der Waals surface area contributed by atoms with Gasteiger partial charge in [0.1, 0.15) is 0 Å². The minimum absolute atomic E-state index is 0.00516. The lowest BCUT2D eigenvalue weighted by molar-refractivity contribution is 0.245. The molecule has 2 rings (SSSR count). The van der Waals surface area contributed by atoms with Crippen molar-refractivity contribution in [3.05, 3.63) is 34.9 Å². The predicted octanol–water partition coefficient (Wildman–Crippen LogP) is 2.40. The molecule has 1 aliphatic rings. The van der Waals surface area contributed by atoms with Gasteiger partial charge in [-0.3, -0.25) is 0 Å². The molecular formula is C14H22N2. The van der Waals surface area contributed by atoms with E-state index in [1.807, 2.05) is 0 Å². The van der Waals surface area contributed by atoms with E-state index in [1.54, 1.807) is 0 Å². The highest BCUT2D eigenvalue weighted by atomic mass is 15.1. The second-order valence-electron chi connectivity index (χ2n) is 5.44. The largest absolute Gasteiger partial charge is 0.323 e. The molecule has 2 heteroatoms. The number of rotatable bonds is 3. The smallest absolute Gasteiger partial charge is 0.0523 e. The third-order valence-electron chi connectivity index (χ3n) is 3.74. The number of hydrogen-bond acceptors (Lipinski definition) is 2. The van der Waals surface area contributed by atoms with Gasteiger partial charge in [0.2, 0.25) is 0 Å². The molecule has 88 valence electrons. The number of likely N-dealkylation sites (N-methyl/N-ethyl adjacent to an activating group) is 1. The van der Waals surface area contributed by atoms with Crippen molar-refractivity contribution < 1.29 is 0 Å². The van der Waals surface area contributed by atoms with Crippen molar-refractivity contribution >= 4 is 0 Å². The monoisotopic (exact) mass is 218 g/mol. The van der Waals surface area contributed by atoms with Crippen molar-refractivity contribution in [1.29, 1.82) is 0 Å². The third kappa shape index (κ3) is 2.00. The van der Waals surface area contributed by atoms with Crippen molar-refractivity contribution in [2.45, 2.75) is 38.3 Å². The van der Waals surface area contributed by atoms with Crippen LogP contribution in [0, 0.1) is 13.8 Å². The zero-order valence-electron chi connectivity index (χ0n) is 10.7. The van der Waals surface area contributed by atoms with E-state index in [9.17, 15) is 0 Å². The topological polar surface area (TPSA) is 29.3 Å². The molecule has 1 aromatic carbocycles. The summed E-state index contributed by atoms with van der Waals surface area (Å²) in [6.07, 6.45) is 2.28. The van der Waals surface area contributed by atoms with E-state index in [0.29, 0.717) is 6.04 Å². The van der Waals surface area contributed by atoms with E-state index >= 15 is 0 Å². The van der Waals surface area contributed by atoms with Gasteiger partial charge >= 0.3 is 0 Å². The average molecular weight is 218 g/mol. The van der Waals surface area contributed by atoms with Gasteiger partial charge in [0, 0.05) is 5.54 Å². The van der Waals surface area contributed by atoms with Gasteiger partial charge < -0.3 is 10.6 Å². The molecular weight excluding hydrogens is 196 g/mol. The molecule has 1 saturated carbocycles. The fourth-order valence-electron chi connectivity index (χ4n) is 2.50. The molecule has 0 amide bonds. The van der Waals surface area contributed by atoms with Crippen molar-refractivity contribution in [3.63, 3.8) is 0 Å². The summed E-state index contributed by atoms with van der Waals surface area (Å²) in [5.74, 6) is 0. The van der Waals surface area contributed by atoms with Crippen LogP contribution in [0.5, 0.6) is 0 Å². The van der Waals surface area contributed by atoms with Gasteiger partial charge in [-0.05, 0) is 57.5 Å². The molecule has 1 fully saturated rings. The molecule has 0 spiro atoms. The molecule has 2 nitrogen and oxygen atoms in total. The van der Waals surface area contributed by atoms with Gasteiger partial charge in [0.25, 0.3) is 0 Å². The predicted molar refractivity (Wildman–Crippen MR) is 68.5 cm³/mol. The maximum absolute atomic E-state index is 6.37. The zero-order valence-corrected chi connectivity index (χ0v) is 10.7. The van der Waals surface area contributed by atoms with E-state index in [2.05, 4.69) is 51.0 Å². The number of nitrogens with zero attached hydrogens (tertiary/aromatic N) is 1. The Morgan fingerprint density at radius 3 is 2.25 bits per heavy atom. The summed E-state index contributed by atoms with van der Waals surface area (Å²) in [6.45, 7) is 4.32. The zero-order chi connectivity index (χ0) is 11.9. The Hall–Kier alpha value is -0.860. The van der Waals surface area contributed by atoms with E-state index < -0.39 is 0 Å². The van der Waals surface area contributed by atoms with Gasteiger partial charge in [-0.15, -0.1) is 0 Å². The fraction of sp³-hybridized carbons (Fsp3) is 0.571. The van der Waals surface area contributed by atoms with Crippen LogP contribution in [0.1, 0.15) is 35.6 Å². The van der Waals surface area contributed by atoms with Crippen LogP contribution < -0.4 is 5.73 Å². The molecule has 0 heterocycles. The summed E-state index contributed by atoms with van der Waals surface area (Å²) in [6, 6.07) is 7.06. The highest BCUT2D eigenvalue weighted by Crippen LogP contribution is 2.46. The second kappa shape index (κ2) is 3.86. The number of aryl methyl sites for hydroxylation is 2. The lowest BCUT2D eigenvalue weighted by Crippen LogP contribution is -2.39. The summed E-state index contributed by atoms with van der Waals surface area (Å²) in [5.41, 5.74) is 10.4. The second-order valence-corrected chi connectivity index (χ2v) is 5.44. The number of benzene rings is 1. The first kappa shape index (κ1) is 11.6. The normalized spacial score (nSPS) is 19.9. The third-order valence-corrected chi connectivity index (χ3v) is 3.74. The van der Waals surface area contributed by atoms with Crippen LogP contribution in [0.15, 0.2) is 18.2 Å². The Labute approximate surface area is 98.4 Å². The summed E-state index contributed by atoms with van der Waals surface area (Å²) in [7, 11) is 4.24. The van der Waals surface area contributed by atoms with Crippen LogP contribution in [-0.4, -0.2) is 24.5 Å². The fourth-order valence-corrected chi connectivity index (χ4v) is 2.50. The van der Waals surface area contributed by atoms with E-state index in [4.69, 9.17) is 5.73 Å². The SMILES string of the molecule is Cc1ccc(C(N(C)C)C2(N)CC2)cc1C. The first-order chi connectivity index (χ1) is 7.44. The minimum atomic E-state index is 0.00516. The Morgan fingerprint density at radius 1 is 1.19 bits per heavy atom. The van der Waals surface area contributed by atoms with Crippen LogP contribution in [0.3, 0.4) is 0 Å². The van der Waals surface area contributed by atoms with E-state index in [1.165, 1.54) is 16.7 Å². The van der Waals surface area contributed by atoms with Crippen LogP contribution in [-0.2, 0) is 0 Å². The van der Waals surface area contributed by atoms with Gasteiger partial charge in [-0.25, -0.2) is 0 Å². The van der Waals surface area contributed by atoms with Crippen molar-refractivity contribution in [2.75, 3.05) is 14.1 Å². The molecule has 0 saturated heterocycles. The van der Waals surface area contributed by atoms with Crippen LogP contribution in [0.2, 0.25) is 0 Å². The lowest BCUT2D eigenvalue weighted by atomic mass is 9.94. The Balaban J connectivity index is 2.36. The van der Waals surface area contributed by atoms with Crippen molar-refractivity contribution in [3.8, 4) is 0 Å². The molecule has 2 N–H and O–H groups in total. The summed E-state index contributed by atoms with van der Waals surface area (Å²) >= 11 is 0. The Kier molecular flexibility index (Phi) is 2.81. The molecule has 1 atom stereocenters. The summed E-state index contributed by atoms with van der Waals surface area (Å²) in [5, 5.41) is 0. The van der Waals surface area contributed by atoms with Crippen LogP contribution >= 0.6 is 0 Å². The molecule has 1 aromatic rings. The molecule has 0 aliphatic heterocycles. The average Bonchev–Trinajstić information content (AvgIpc) is 2.90. The van der Waals surface area contributed by atoms with Gasteiger partial charge in [-0.2, -0.15) is 0 Å². The van der Waals surface area contributed by atoms with Crippen LogP contribution in [0.4, 0.5) is 0 Å². The van der Waals surface area contributed by atoms with Crippen molar-refractivity contribution in [1.82, 2.24) is 4.90 Å². The standard InChI is InChI=1S/C14H22N2/c1-10-5-6-12(9-11(10)2)13(16(3)4)14(15)7-8-14/h5-6,9,13H,7-8,15H2,1-4H3. The van der Waals surface area contributed by atoms with E-state index in [-0.39, 0.29) is 5.54 Å². The molecule has 0 aromatic heterocycles. The lowest BCUT2D eigenvalue weighted by Gasteiger charge is -2.31. The van der Waals surface area contributed by atoms with Gasteiger partial charge in [0.15, 0.2) is 0 Å². The molecule has 1 unspecified atom stereocenters. The first-order valence-corrected chi connectivity index (χ1v) is 5.96. The van der Waals surface area contributed by atoms with Crippen molar-refractivity contribution in [2.24, 2.45) is 5.73 Å². The van der Waals surface area contributed by atoms with Crippen LogP contribution in [0.25, 0.3) is 0 Å². The highest BCUT2D eigenvalue weighted by Gasteiger charge is 2.47.